The maximum Gasteiger partial charge on any atom is 0.337 e. The molecule has 0 aliphatic rings. The van der Waals surface area contributed by atoms with Crippen LogP contribution in [0.5, 0.6) is 0 Å². The van der Waals surface area contributed by atoms with Gasteiger partial charge in [0.25, 0.3) is 5.91 Å². The summed E-state index contributed by atoms with van der Waals surface area (Å²) in [5.41, 5.74) is 5.02. The average Bonchev–Trinajstić information content (AvgIpc) is 3.20. The van der Waals surface area contributed by atoms with Crippen LogP contribution >= 0.6 is 11.6 Å². The van der Waals surface area contributed by atoms with Crippen molar-refractivity contribution < 1.29 is 14.3 Å². The number of rotatable bonds is 6. The normalized spacial score (nSPS) is 10.8. The van der Waals surface area contributed by atoms with E-state index in [1.54, 1.807) is 12.1 Å². The fourth-order valence-corrected chi connectivity index (χ4v) is 3.87. The van der Waals surface area contributed by atoms with E-state index >= 15 is 0 Å². The van der Waals surface area contributed by atoms with Gasteiger partial charge in [-0.05, 0) is 66.1 Å². The first-order chi connectivity index (χ1) is 15.4. The van der Waals surface area contributed by atoms with E-state index in [9.17, 15) is 9.59 Å². The van der Waals surface area contributed by atoms with E-state index in [2.05, 4.69) is 16.0 Å². The fourth-order valence-electron chi connectivity index (χ4n) is 3.74. The Bertz CT molecular complexity index is 1280. The number of hydrogen-bond donors (Lipinski definition) is 1. The van der Waals surface area contributed by atoms with Gasteiger partial charge < -0.3 is 14.6 Å². The zero-order valence-corrected chi connectivity index (χ0v) is 18.6. The molecule has 0 saturated carbocycles. The Kier molecular flexibility index (Phi) is 6.28. The summed E-state index contributed by atoms with van der Waals surface area (Å²) in [6.07, 6.45) is 2.00. The van der Waals surface area contributed by atoms with E-state index in [4.69, 9.17) is 16.3 Å². The maximum absolute atomic E-state index is 13.1. The number of aryl methyl sites for hydroxylation is 1. The Balaban J connectivity index is 1.57. The third-order valence-corrected chi connectivity index (χ3v) is 5.60. The number of fused-ring (bicyclic) bond motifs is 1. The van der Waals surface area contributed by atoms with E-state index in [0.717, 1.165) is 27.6 Å². The zero-order valence-electron chi connectivity index (χ0n) is 17.9. The number of hydrogen-bond acceptors (Lipinski definition) is 3. The molecule has 0 aliphatic carbocycles. The van der Waals surface area contributed by atoms with Crippen LogP contribution in [0.2, 0.25) is 5.02 Å². The summed E-state index contributed by atoms with van der Waals surface area (Å²) in [6.45, 7) is 2.98. The quantitative estimate of drug-likeness (QED) is 0.405. The molecule has 0 radical (unpaired) electrons. The lowest BCUT2D eigenvalue weighted by atomic mass is 10.1. The molecule has 0 unspecified atom stereocenters. The highest BCUT2D eigenvalue weighted by molar-refractivity contribution is 6.30. The first kappa shape index (κ1) is 21.7. The fraction of sp³-hybridized carbons (Fsp3) is 0.154. The van der Waals surface area contributed by atoms with Crippen LogP contribution in [0.1, 0.15) is 37.4 Å². The molecule has 1 amide bonds. The van der Waals surface area contributed by atoms with Crippen LogP contribution in [0, 0.1) is 6.92 Å². The SMILES string of the molecule is COC(=O)c1ccc(CNC(=O)c2cc(C)cc3ccn(Cc4ccc(Cl)cc4)c23)cc1. The highest BCUT2D eigenvalue weighted by Gasteiger charge is 2.15. The van der Waals surface area contributed by atoms with Gasteiger partial charge in [0, 0.05) is 29.7 Å². The Morgan fingerprint density at radius 3 is 2.34 bits per heavy atom. The lowest BCUT2D eigenvalue weighted by Gasteiger charge is -2.12. The van der Waals surface area contributed by atoms with E-state index in [-0.39, 0.29) is 11.9 Å². The van der Waals surface area contributed by atoms with Gasteiger partial charge >= 0.3 is 5.97 Å². The molecule has 0 fully saturated rings. The van der Waals surface area contributed by atoms with Crippen molar-refractivity contribution in [2.24, 2.45) is 0 Å². The number of amides is 1. The van der Waals surface area contributed by atoms with E-state index < -0.39 is 0 Å². The van der Waals surface area contributed by atoms with Crippen molar-refractivity contribution in [1.29, 1.82) is 0 Å². The molecule has 0 aliphatic heterocycles. The molecule has 1 aromatic heterocycles. The molecule has 0 saturated heterocycles. The van der Waals surface area contributed by atoms with Crippen molar-refractivity contribution in [1.82, 2.24) is 9.88 Å². The third-order valence-electron chi connectivity index (χ3n) is 5.34. The summed E-state index contributed by atoms with van der Waals surface area (Å²) in [5, 5.41) is 4.72. The van der Waals surface area contributed by atoms with Crippen LogP contribution in [0.15, 0.2) is 72.9 Å². The van der Waals surface area contributed by atoms with Gasteiger partial charge in [-0.25, -0.2) is 4.79 Å². The topological polar surface area (TPSA) is 60.3 Å². The molecule has 4 aromatic rings. The molecular formula is C26H23ClN2O3. The van der Waals surface area contributed by atoms with Gasteiger partial charge in [-0.2, -0.15) is 0 Å². The Morgan fingerprint density at radius 1 is 0.969 bits per heavy atom. The number of benzene rings is 3. The molecule has 162 valence electrons. The smallest absolute Gasteiger partial charge is 0.337 e. The number of aromatic nitrogens is 1. The van der Waals surface area contributed by atoms with Crippen molar-refractivity contribution in [2.45, 2.75) is 20.0 Å². The Hall–Kier alpha value is -3.57. The summed E-state index contributed by atoms with van der Waals surface area (Å²) in [4.78, 5) is 24.7. The van der Waals surface area contributed by atoms with E-state index in [1.165, 1.54) is 7.11 Å². The minimum atomic E-state index is -0.385. The van der Waals surface area contributed by atoms with Gasteiger partial charge in [-0.1, -0.05) is 35.9 Å². The highest BCUT2D eigenvalue weighted by Crippen LogP contribution is 2.24. The number of nitrogens with zero attached hydrogens (tertiary/aromatic N) is 1. The summed E-state index contributed by atoms with van der Waals surface area (Å²) >= 11 is 6.01. The second kappa shape index (κ2) is 9.28. The molecule has 0 spiro atoms. The molecule has 1 heterocycles. The summed E-state index contributed by atoms with van der Waals surface area (Å²) in [7, 11) is 1.35. The van der Waals surface area contributed by atoms with Gasteiger partial charge in [-0.3, -0.25) is 4.79 Å². The molecule has 3 aromatic carbocycles. The average molecular weight is 447 g/mol. The number of methoxy groups -OCH3 is 1. The largest absolute Gasteiger partial charge is 0.465 e. The highest BCUT2D eigenvalue weighted by atomic mass is 35.5. The van der Waals surface area contributed by atoms with Crippen LogP contribution < -0.4 is 5.32 Å². The molecular weight excluding hydrogens is 424 g/mol. The molecule has 4 rings (SSSR count). The molecule has 5 nitrogen and oxygen atoms in total. The van der Waals surface area contributed by atoms with Crippen molar-refractivity contribution in [3.63, 3.8) is 0 Å². The first-order valence-corrected chi connectivity index (χ1v) is 10.6. The maximum atomic E-state index is 13.1. The Morgan fingerprint density at radius 2 is 1.66 bits per heavy atom. The predicted octanol–water partition coefficient (Wildman–Crippen LogP) is 5.37. The number of ether oxygens (including phenoxy) is 1. The third kappa shape index (κ3) is 4.68. The van der Waals surface area contributed by atoms with Crippen LogP contribution in [0.3, 0.4) is 0 Å². The van der Waals surface area contributed by atoms with Crippen molar-refractivity contribution >= 4 is 34.4 Å². The van der Waals surface area contributed by atoms with Crippen molar-refractivity contribution in [3.05, 3.63) is 106 Å². The number of esters is 1. The van der Waals surface area contributed by atoms with Crippen LogP contribution in [0.4, 0.5) is 0 Å². The summed E-state index contributed by atoms with van der Waals surface area (Å²) < 4.78 is 6.80. The lowest BCUT2D eigenvalue weighted by Crippen LogP contribution is -2.23. The number of nitrogens with one attached hydrogen (secondary N) is 1. The molecule has 0 atom stereocenters. The van der Waals surface area contributed by atoms with Crippen LogP contribution in [-0.2, 0) is 17.8 Å². The van der Waals surface area contributed by atoms with Gasteiger partial charge in [0.05, 0.1) is 23.8 Å². The van der Waals surface area contributed by atoms with Gasteiger partial charge in [0.1, 0.15) is 0 Å². The Labute approximate surface area is 191 Å². The van der Waals surface area contributed by atoms with Crippen molar-refractivity contribution in [2.75, 3.05) is 7.11 Å². The van der Waals surface area contributed by atoms with Gasteiger partial charge in [-0.15, -0.1) is 0 Å². The van der Waals surface area contributed by atoms with Crippen LogP contribution in [-0.4, -0.2) is 23.6 Å². The van der Waals surface area contributed by atoms with Crippen LogP contribution in [0.25, 0.3) is 10.9 Å². The molecule has 32 heavy (non-hydrogen) atoms. The minimum Gasteiger partial charge on any atom is -0.465 e. The molecule has 0 bridgehead atoms. The second-order valence-electron chi connectivity index (χ2n) is 7.69. The molecule has 6 heteroatoms. The summed E-state index contributed by atoms with van der Waals surface area (Å²) in [5.74, 6) is -0.531. The predicted molar refractivity (Wildman–Crippen MR) is 126 cm³/mol. The van der Waals surface area contributed by atoms with Crippen molar-refractivity contribution in [3.8, 4) is 0 Å². The monoisotopic (exact) mass is 446 g/mol. The van der Waals surface area contributed by atoms with Gasteiger partial charge in [0.2, 0.25) is 0 Å². The van der Waals surface area contributed by atoms with Gasteiger partial charge in [0.15, 0.2) is 0 Å². The van der Waals surface area contributed by atoms with E-state index in [1.807, 2.05) is 61.7 Å². The number of carbonyl (C=O) groups is 2. The summed E-state index contributed by atoms with van der Waals surface area (Å²) in [6, 6.07) is 20.7. The lowest BCUT2D eigenvalue weighted by molar-refractivity contribution is 0.0600. The zero-order chi connectivity index (χ0) is 22.7. The minimum absolute atomic E-state index is 0.146. The standard InChI is InChI=1S/C26H23ClN2O3/c1-17-13-21-11-12-29(16-19-5-9-22(27)10-6-19)24(21)23(14-17)25(30)28-15-18-3-7-20(8-4-18)26(31)32-2/h3-14H,15-16H2,1-2H3,(H,28,30). The van der Waals surface area contributed by atoms with E-state index in [0.29, 0.717) is 29.2 Å². The molecule has 1 N–H and O–H groups in total. The second-order valence-corrected chi connectivity index (χ2v) is 8.13. The number of halogens is 1. The number of carbonyl (C=O) groups excluding carboxylic acids is 2. The first-order valence-electron chi connectivity index (χ1n) is 10.2.